The Kier molecular flexibility index (Phi) is 8.13. The van der Waals surface area contributed by atoms with Crippen LogP contribution in [0.5, 0.6) is 0 Å². The third-order valence-corrected chi connectivity index (χ3v) is 6.84. The minimum absolute atomic E-state index is 0.0465. The summed E-state index contributed by atoms with van der Waals surface area (Å²) in [7, 11) is 0. The van der Waals surface area contributed by atoms with Crippen molar-refractivity contribution in [2.75, 3.05) is 45.8 Å². The maximum Gasteiger partial charge on any atom is 0.236 e. The van der Waals surface area contributed by atoms with Crippen LogP contribution in [0.15, 0.2) is 54.6 Å². The van der Waals surface area contributed by atoms with E-state index in [9.17, 15) is 9.59 Å². The van der Waals surface area contributed by atoms with Gasteiger partial charge in [0, 0.05) is 45.2 Å². The highest BCUT2D eigenvalue weighted by atomic mass is 16.2. The molecular weight excluding hydrogens is 412 g/mol. The second-order valence-electron chi connectivity index (χ2n) is 9.40. The van der Waals surface area contributed by atoms with Gasteiger partial charge in [-0.05, 0) is 44.0 Å². The van der Waals surface area contributed by atoms with Crippen molar-refractivity contribution in [3.05, 3.63) is 71.3 Å². The Labute approximate surface area is 197 Å². The van der Waals surface area contributed by atoms with Crippen molar-refractivity contribution in [2.24, 2.45) is 5.92 Å². The Hall–Kier alpha value is -2.70. The summed E-state index contributed by atoms with van der Waals surface area (Å²) in [5.41, 5.74) is 3.75. The number of nitrogens with one attached hydrogen (secondary N) is 1. The zero-order valence-corrected chi connectivity index (χ0v) is 19.7. The summed E-state index contributed by atoms with van der Waals surface area (Å²) < 4.78 is 0. The molecule has 2 fully saturated rings. The van der Waals surface area contributed by atoms with Gasteiger partial charge >= 0.3 is 0 Å². The van der Waals surface area contributed by atoms with Crippen LogP contribution >= 0.6 is 0 Å². The molecule has 0 unspecified atom stereocenters. The number of likely N-dealkylation sites (tertiary alicyclic amines) is 1. The molecule has 1 N–H and O–H groups in total. The molecule has 2 heterocycles. The van der Waals surface area contributed by atoms with Gasteiger partial charge in [-0.3, -0.25) is 19.4 Å². The van der Waals surface area contributed by atoms with Gasteiger partial charge in [0.15, 0.2) is 0 Å². The van der Waals surface area contributed by atoms with Gasteiger partial charge in [-0.2, -0.15) is 0 Å². The summed E-state index contributed by atoms with van der Waals surface area (Å²) in [5, 5.41) is 3.06. The molecule has 0 aromatic heterocycles. The van der Waals surface area contributed by atoms with Crippen LogP contribution < -0.4 is 5.32 Å². The molecule has 33 heavy (non-hydrogen) atoms. The molecule has 0 aliphatic carbocycles. The van der Waals surface area contributed by atoms with E-state index >= 15 is 0 Å². The molecule has 2 aromatic carbocycles. The zero-order chi connectivity index (χ0) is 23.0. The minimum atomic E-state index is 0.0465. The Morgan fingerprint density at radius 2 is 1.55 bits per heavy atom. The van der Waals surface area contributed by atoms with Crippen molar-refractivity contribution in [3.8, 4) is 0 Å². The number of hydrogen-bond acceptors (Lipinski definition) is 4. The lowest BCUT2D eigenvalue weighted by molar-refractivity contribution is -0.134. The molecule has 6 nitrogen and oxygen atoms in total. The molecule has 4 rings (SSSR count). The van der Waals surface area contributed by atoms with Crippen LogP contribution in [0.1, 0.15) is 29.5 Å². The van der Waals surface area contributed by atoms with E-state index in [-0.39, 0.29) is 17.7 Å². The minimum Gasteiger partial charge on any atom is -0.352 e. The average Bonchev–Trinajstić information content (AvgIpc) is 2.84. The molecule has 0 bridgehead atoms. The number of piperidine rings is 1. The Morgan fingerprint density at radius 3 is 2.24 bits per heavy atom. The number of carbonyl (C=O) groups is 2. The van der Waals surface area contributed by atoms with E-state index in [4.69, 9.17) is 0 Å². The fourth-order valence-electron chi connectivity index (χ4n) is 4.80. The second kappa shape index (κ2) is 11.4. The maximum atomic E-state index is 12.8. The third-order valence-electron chi connectivity index (χ3n) is 6.84. The van der Waals surface area contributed by atoms with Gasteiger partial charge in [-0.15, -0.1) is 0 Å². The average molecular weight is 449 g/mol. The van der Waals surface area contributed by atoms with Gasteiger partial charge in [0.05, 0.1) is 6.54 Å². The van der Waals surface area contributed by atoms with Crippen LogP contribution in [0.2, 0.25) is 0 Å². The van der Waals surface area contributed by atoms with E-state index in [0.717, 1.165) is 64.2 Å². The highest BCUT2D eigenvalue weighted by molar-refractivity contribution is 5.79. The number of rotatable bonds is 7. The van der Waals surface area contributed by atoms with E-state index in [1.807, 2.05) is 35.2 Å². The molecule has 6 heteroatoms. The van der Waals surface area contributed by atoms with E-state index in [0.29, 0.717) is 13.1 Å². The maximum absolute atomic E-state index is 12.8. The van der Waals surface area contributed by atoms with Gasteiger partial charge < -0.3 is 10.2 Å². The molecule has 2 aliphatic rings. The molecule has 2 aliphatic heterocycles. The highest BCUT2D eigenvalue weighted by Crippen LogP contribution is 2.18. The van der Waals surface area contributed by atoms with E-state index in [2.05, 4.69) is 46.3 Å². The summed E-state index contributed by atoms with van der Waals surface area (Å²) in [5.74, 6) is 0.400. The lowest BCUT2D eigenvalue weighted by atomic mass is 9.95. The molecule has 0 atom stereocenters. The fourth-order valence-corrected chi connectivity index (χ4v) is 4.80. The van der Waals surface area contributed by atoms with Gasteiger partial charge in [-0.1, -0.05) is 60.2 Å². The van der Waals surface area contributed by atoms with Gasteiger partial charge in [0.2, 0.25) is 11.8 Å². The summed E-state index contributed by atoms with van der Waals surface area (Å²) in [6, 6.07) is 18.7. The quantitative estimate of drug-likeness (QED) is 0.708. The predicted octanol–water partition coefficient (Wildman–Crippen LogP) is 2.67. The van der Waals surface area contributed by atoms with E-state index in [1.165, 1.54) is 11.1 Å². The van der Waals surface area contributed by atoms with Gasteiger partial charge in [0.25, 0.3) is 0 Å². The molecule has 0 saturated carbocycles. The Morgan fingerprint density at radius 1 is 0.848 bits per heavy atom. The van der Waals surface area contributed by atoms with Crippen LogP contribution in [0.3, 0.4) is 0 Å². The zero-order valence-electron chi connectivity index (χ0n) is 19.7. The third kappa shape index (κ3) is 6.89. The van der Waals surface area contributed by atoms with Crippen molar-refractivity contribution in [2.45, 2.75) is 32.9 Å². The molecule has 176 valence electrons. The normalized spacial score (nSPS) is 18.3. The summed E-state index contributed by atoms with van der Waals surface area (Å²) >= 11 is 0. The van der Waals surface area contributed by atoms with Gasteiger partial charge in [-0.25, -0.2) is 0 Å². The van der Waals surface area contributed by atoms with Crippen LogP contribution in [0.4, 0.5) is 0 Å². The fraction of sp³-hybridized carbons (Fsp3) is 0.481. The SMILES string of the molecule is Cc1cccc(CN2CCN(C(=O)CN3CCC(C(=O)NCc4ccccc4)CC3)CC2)c1. The molecule has 2 saturated heterocycles. The van der Waals surface area contributed by atoms with Crippen molar-refractivity contribution < 1.29 is 9.59 Å². The molecule has 2 amide bonds. The summed E-state index contributed by atoms with van der Waals surface area (Å²) in [6.45, 7) is 9.16. The number of nitrogens with zero attached hydrogens (tertiary/aromatic N) is 3. The first-order chi connectivity index (χ1) is 16.1. The van der Waals surface area contributed by atoms with Crippen LogP contribution in [-0.2, 0) is 22.7 Å². The van der Waals surface area contributed by atoms with Crippen LogP contribution in [0.25, 0.3) is 0 Å². The molecule has 0 spiro atoms. The summed E-state index contributed by atoms with van der Waals surface area (Å²) in [4.78, 5) is 32.0. The Bertz CT molecular complexity index is 917. The predicted molar refractivity (Wildman–Crippen MR) is 130 cm³/mol. The Balaban J connectivity index is 1.14. The van der Waals surface area contributed by atoms with Crippen molar-refractivity contribution in [3.63, 3.8) is 0 Å². The second-order valence-corrected chi connectivity index (χ2v) is 9.40. The molecule has 0 radical (unpaired) electrons. The van der Waals surface area contributed by atoms with Crippen molar-refractivity contribution in [1.29, 1.82) is 0 Å². The monoisotopic (exact) mass is 448 g/mol. The van der Waals surface area contributed by atoms with E-state index < -0.39 is 0 Å². The standard InChI is InChI=1S/C27H36N4O2/c1-22-6-5-9-24(18-22)20-30-14-16-31(17-15-30)26(32)21-29-12-10-25(11-13-29)27(33)28-19-23-7-3-2-4-8-23/h2-9,18,25H,10-17,19-21H2,1H3,(H,28,33). The van der Waals surface area contributed by atoms with Gasteiger partial charge in [0.1, 0.15) is 0 Å². The smallest absolute Gasteiger partial charge is 0.236 e. The van der Waals surface area contributed by atoms with Crippen molar-refractivity contribution >= 4 is 11.8 Å². The number of amides is 2. The van der Waals surface area contributed by atoms with E-state index in [1.54, 1.807) is 0 Å². The topological polar surface area (TPSA) is 55.9 Å². The first-order valence-corrected chi connectivity index (χ1v) is 12.2. The number of carbonyl (C=O) groups excluding carboxylic acids is 2. The highest BCUT2D eigenvalue weighted by Gasteiger charge is 2.28. The largest absolute Gasteiger partial charge is 0.352 e. The lowest BCUT2D eigenvalue weighted by Gasteiger charge is -2.37. The number of piperazine rings is 1. The number of benzene rings is 2. The first kappa shape index (κ1) is 23.5. The first-order valence-electron chi connectivity index (χ1n) is 12.2. The summed E-state index contributed by atoms with van der Waals surface area (Å²) in [6.07, 6.45) is 1.64. The molecule has 2 aromatic rings. The van der Waals surface area contributed by atoms with Crippen LogP contribution in [0, 0.1) is 12.8 Å². The number of hydrogen-bond donors (Lipinski definition) is 1. The number of aryl methyl sites for hydroxylation is 1. The lowest BCUT2D eigenvalue weighted by Crippen LogP contribution is -2.51. The van der Waals surface area contributed by atoms with Crippen molar-refractivity contribution in [1.82, 2.24) is 20.0 Å². The van der Waals surface area contributed by atoms with Crippen LogP contribution in [-0.4, -0.2) is 72.3 Å². The molecular formula is C27H36N4O2.